The van der Waals surface area contributed by atoms with Gasteiger partial charge in [-0.25, -0.2) is 4.98 Å². The molecule has 92 valence electrons. The van der Waals surface area contributed by atoms with Gasteiger partial charge in [0.15, 0.2) is 12.0 Å². The Morgan fingerprint density at radius 2 is 2.05 bits per heavy atom. The lowest BCUT2D eigenvalue weighted by molar-refractivity contribution is 0.602. The van der Waals surface area contributed by atoms with Crippen molar-refractivity contribution in [2.75, 3.05) is 0 Å². The van der Waals surface area contributed by atoms with E-state index in [1.165, 1.54) is 22.9 Å². The highest BCUT2D eigenvalue weighted by Crippen LogP contribution is 2.30. The van der Waals surface area contributed by atoms with Crippen LogP contribution < -0.4 is 0 Å². The van der Waals surface area contributed by atoms with Crippen molar-refractivity contribution in [2.45, 2.75) is 0 Å². The number of aryl methyl sites for hydroxylation is 1. The minimum Gasteiger partial charge on any atom is -0.443 e. The molecule has 4 aromatic rings. The molecule has 0 radical (unpaired) electrons. The number of nitrogens with zero attached hydrogens (tertiary/aromatic N) is 2. The maximum Gasteiger partial charge on any atom is 0.182 e. The highest BCUT2D eigenvalue weighted by molar-refractivity contribution is 5.94. The van der Waals surface area contributed by atoms with Crippen LogP contribution in [0.2, 0.25) is 0 Å². The molecule has 0 N–H and O–H groups in total. The molecule has 4 rings (SSSR count). The lowest BCUT2D eigenvalue weighted by Crippen LogP contribution is -1.84. The van der Waals surface area contributed by atoms with Crippen LogP contribution in [0.1, 0.15) is 0 Å². The number of fused-ring (bicyclic) bond motifs is 2. The summed E-state index contributed by atoms with van der Waals surface area (Å²) in [6, 6.07) is 14.6. The van der Waals surface area contributed by atoms with Crippen molar-refractivity contribution in [1.29, 1.82) is 0 Å². The highest BCUT2D eigenvalue weighted by Gasteiger charge is 2.08. The van der Waals surface area contributed by atoms with Gasteiger partial charge < -0.3 is 8.98 Å². The summed E-state index contributed by atoms with van der Waals surface area (Å²) in [5.41, 5.74) is 5.25. The first kappa shape index (κ1) is 10.4. The molecule has 19 heavy (non-hydrogen) atoms. The maximum atomic E-state index is 5.36. The van der Waals surface area contributed by atoms with Crippen LogP contribution in [0, 0.1) is 0 Å². The van der Waals surface area contributed by atoms with Crippen LogP contribution in [0.5, 0.6) is 0 Å². The van der Waals surface area contributed by atoms with Crippen LogP contribution in [-0.4, -0.2) is 9.55 Å². The van der Waals surface area contributed by atoms with Crippen LogP contribution in [-0.2, 0) is 7.05 Å². The van der Waals surface area contributed by atoms with E-state index in [2.05, 4.69) is 53.1 Å². The molecule has 3 nitrogen and oxygen atoms in total. The Hall–Kier alpha value is -2.55. The van der Waals surface area contributed by atoms with E-state index in [9.17, 15) is 0 Å². The minimum absolute atomic E-state index is 0.825. The summed E-state index contributed by atoms with van der Waals surface area (Å²) in [5, 5.41) is 1.24. The number of rotatable bonds is 1. The summed E-state index contributed by atoms with van der Waals surface area (Å²) in [7, 11) is 2.06. The van der Waals surface area contributed by atoms with Crippen LogP contribution >= 0.6 is 0 Å². The molecular weight excluding hydrogens is 236 g/mol. The van der Waals surface area contributed by atoms with Gasteiger partial charge >= 0.3 is 0 Å². The minimum atomic E-state index is 0.825. The largest absolute Gasteiger partial charge is 0.443 e. The van der Waals surface area contributed by atoms with E-state index >= 15 is 0 Å². The Bertz CT molecular complexity index is 886. The average molecular weight is 248 g/mol. The first-order chi connectivity index (χ1) is 9.33. The Kier molecular flexibility index (Phi) is 2.03. The summed E-state index contributed by atoms with van der Waals surface area (Å²) in [5.74, 6) is 0. The number of oxazole rings is 1. The lowest BCUT2D eigenvalue weighted by Gasteiger charge is -2.03. The second kappa shape index (κ2) is 3.72. The second-order valence-electron chi connectivity index (χ2n) is 4.70. The molecule has 0 fully saturated rings. The molecule has 0 saturated carbocycles. The summed E-state index contributed by atoms with van der Waals surface area (Å²) in [6.45, 7) is 0. The van der Waals surface area contributed by atoms with E-state index in [1.807, 2.05) is 12.1 Å². The molecule has 0 spiro atoms. The van der Waals surface area contributed by atoms with Crippen molar-refractivity contribution in [3.05, 3.63) is 55.1 Å². The predicted octanol–water partition coefficient (Wildman–Crippen LogP) is 3.99. The fourth-order valence-corrected chi connectivity index (χ4v) is 2.57. The van der Waals surface area contributed by atoms with Gasteiger partial charge in [0.1, 0.15) is 5.52 Å². The number of hydrogen-bond acceptors (Lipinski definition) is 2. The van der Waals surface area contributed by atoms with Gasteiger partial charge in [-0.2, -0.15) is 0 Å². The zero-order chi connectivity index (χ0) is 12.8. The molecule has 0 saturated heterocycles. The predicted molar refractivity (Wildman–Crippen MR) is 75.9 cm³/mol. The summed E-state index contributed by atoms with van der Waals surface area (Å²) in [6.07, 6.45) is 3.57. The zero-order valence-electron chi connectivity index (χ0n) is 10.5. The fourth-order valence-electron chi connectivity index (χ4n) is 2.57. The topological polar surface area (TPSA) is 31.0 Å². The Morgan fingerprint density at radius 1 is 1.11 bits per heavy atom. The number of para-hydroxylation sites is 1. The third-order valence-corrected chi connectivity index (χ3v) is 3.56. The third-order valence-electron chi connectivity index (χ3n) is 3.56. The molecule has 0 unspecified atom stereocenters. The van der Waals surface area contributed by atoms with Crippen LogP contribution in [0.3, 0.4) is 0 Å². The van der Waals surface area contributed by atoms with E-state index in [1.54, 1.807) is 0 Å². The highest BCUT2D eigenvalue weighted by atomic mass is 16.3. The van der Waals surface area contributed by atoms with Gasteiger partial charge in [0.25, 0.3) is 0 Å². The second-order valence-corrected chi connectivity index (χ2v) is 4.70. The number of benzene rings is 2. The van der Waals surface area contributed by atoms with Crippen LogP contribution in [0.25, 0.3) is 33.1 Å². The van der Waals surface area contributed by atoms with E-state index in [0.717, 1.165) is 16.7 Å². The first-order valence-electron chi connectivity index (χ1n) is 6.20. The average Bonchev–Trinajstić information content (AvgIpc) is 3.05. The van der Waals surface area contributed by atoms with Crippen molar-refractivity contribution in [3.63, 3.8) is 0 Å². The van der Waals surface area contributed by atoms with Crippen LogP contribution in [0.15, 0.2) is 59.5 Å². The van der Waals surface area contributed by atoms with E-state index in [4.69, 9.17) is 4.42 Å². The van der Waals surface area contributed by atoms with Crippen molar-refractivity contribution in [3.8, 4) is 11.1 Å². The summed E-state index contributed by atoms with van der Waals surface area (Å²) < 4.78 is 7.48. The van der Waals surface area contributed by atoms with E-state index < -0.39 is 0 Å². The van der Waals surface area contributed by atoms with Gasteiger partial charge in [-0.1, -0.05) is 18.2 Å². The molecule has 2 aromatic carbocycles. The fraction of sp³-hybridized carbons (Fsp3) is 0.0625. The van der Waals surface area contributed by atoms with Gasteiger partial charge in [-0.05, 0) is 29.8 Å². The molecule has 3 heteroatoms. The molecule has 2 aromatic heterocycles. The smallest absolute Gasteiger partial charge is 0.182 e. The quantitative estimate of drug-likeness (QED) is 0.510. The van der Waals surface area contributed by atoms with Crippen LogP contribution in [0.4, 0.5) is 0 Å². The Morgan fingerprint density at radius 3 is 3.00 bits per heavy atom. The number of aromatic nitrogens is 2. The standard InChI is InChI=1S/C16H12N2O/c1-18-8-7-12-9-11(5-6-14(12)18)13-3-2-4-15-16(13)17-10-19-15/h2-10H,1H3. The lowest BCUT2D eigenvalue weighted by atomic mass is 10.0. The number of hydrogen-bond donors (Lipinski definition) is 0. The first-order valence-corrected chi connectivity index (χ1v) is 6.20. The zero-order valence-corrected chi connectivity index (χ0v) is 10.5. The molecule has 0 aliphatic heterocycles. The molecular formula is C16H12N2O. The van der Waals surface area contributed by atoms with Gasteiger partial charge in [0.05, 0.1) is 0 Å². The monoisotopic (exact) mass is 248 g/mol. The van der Waals surface area contributed by atoms with Crippen molar-refractivity contribution in [1.82, 2.24) is 9.55 Å². The molecule has 0 bridgehead atoms. The third kappa shape index (κ3) is 1.48. The van der Waals surface area contributed by atoms with Gasteiger partial charge in [-0.15, -0.1) is 0 Å². The molecule has 0 atom stereocenters. The molecule has 2 heterocycles. The Labute approximate surface area is 110 Å². The van der Waals surface area contributed by atoms with E-state index in [-0.39, 0.29) is 0 Å². The molecule has 0 aliphatic carbocycles. The maximum absolute atomic E-state index is 5.36. The van der Waals surface area contributed by atoms with Gasteiger partial charge in [0, 0.05) is 29.7 Å². The van der Waals surface area contributed by atoms with Gasteiger partial charge in [-0.3, -0.25) is 0 Å². The van der Waals surface area contributed by atoms with Crippen molar-refractivity contribution >= 4 is 22.0 Å². The Balaban J connectivity index is 2.01. The summed E-state index contributed by atoms with van der Waals surface area (Å²) in [4.78, 5) is 4.31. The molecule has 0 aliphatic rings. The van der Waals surface area contributed by atoms with Crippen molar-refractivity contribution in [2.24, 2.45) is 7.05 Å². The van der Waals surface area contributed by atoms with Crippen molar-refractivity contribution < 1.29 is 4.42 Å². The molecule has 0 amide bonds. The van der Waals surface area contributed by atoms with E-state index in [0.29, 0.717) is 0 Å². The normalized spacial score (nSPS) is 11.4. The SMILES string of the molecule is Cn1ccc2cc(-c3cccc4ocnc34)ccc21. The summed E-state index contributed by atoms with van der Waals surface area (Å²) >= 11 is 0. The van der Waals surface area contributed by atoms with Gasteiger partial charge in [0.2, 0.25) is 0 Å².